The Morgan fingerprint density at radius 2 is 1.83 bits per heavy atom. The Morgan fingerprint density at radius 3 is 2.57 bits per heavy atom. The SMILES string of the molecule is CCC(C)c1ccccc1NC(=O)C(C)Sc1nnc(-c2ccccc2OC)n1C. The van der Waals surface area contributed by atoms with E-state index in [1.165, 1.54) is 11.8 Å². The highest BCUT2D eigenvalue weighted by atomic mass is 32.2. The van der Waals surface area contributed by atoms with Gasteiger partial charge in [0.05, 0.1) is 17.9 Å². The van der Waals surface area contributed by atoms with E-state index in [4.69, 9.17) is 4.74 Å². The van der Waals surface area contributed by atoms with Gasteiger partial charge in [0.2, 0.25) is 5.91 Å². The number of thioether (sulfide) groups is 1. The molecule has 0 radical (unpaired) electrons. The Morgan fingerprint density at radius 1 is 1.13 bits per heavy atom. The number of anilines is 1. The molecule has 0 fully saturated rings. The topological polar surface area (TPSA) is 69.0 Å². The summed E-state index contributed by atoms with van der Waals surface area (Å²) >= 11 is 1.38. The number of para-hydroxylation sites is 2. The van der Waals surface area contributed by atoms with Crippen LogP contribution in [0.2, 0.25) is 0 Å². The molecular weight excluding hydrogens is 396 g/mol. The lowest BCUT2D eigenvalue weighted by molar-refractivity contribution is -0.115. The van der Waals surface area contributed by atoms with Crippen LogP contribution in [-0.2, 0) is 11.8 Å². The number of nitrogens with zero attached hydrogens (tertiary/aromatic N) is 3. The Hall–Kier alpha value is -2.80. The molecular formula is C23H28N4O2S. The minimum absolute atomic E-state index is 0.0578. The molecule has 0 saturated heterocycles. The van der Waals surface area contributed by atoms with Gasteiger partial charge in [-0.1, -0.05) is 55.9 Å². The second kappa shape index (κ2) is 9.80. The largest absolute Gasteiger partial charge is 0.496 e. The zero-order valence-corrected chi connectivity index (χ0v) is 18.9. The Kier molecular flexibility index (Phi) is 7.15. The highest BCUT2D eigenvalue weighted by Crippen LogP contribution is 2.32. The quantitative estimate of drug-likeness (QED) is 0.508. The number of carbonyl (C=O) groups is 1. The van der Waals surface area contributed by atoms with Crippen molar-refractivity contribution in [2.75, 3.05) is 12.4 Å². The van der Waals surface area contributed by atoms with Crippen LogP contribution in [0.1, 0.15) is 38.7 Å². The van der Waals surface area contributed by atoms with Crippen molar-refractivity contribution in [3.63, 3.8) is 0 Å². The van der Waals surface area contributed by atoms with Crippen molar-refractivity contribution < 1.29 is 9.53 Å². The molecule has 1 N–H and O–H groups in total. The van der Waals surface area contributed by atoms with E-state index in [-0.39, 0.29) is 11.2 Å². The van der Waals surface area contributed by atoms with E-state index in [1.807, 2.05) is 61.0 Å². The van der Waals surface area contributed by atoms with Crippen molar-refractivity contribution >= 4 is 23.4 Å². The Bertz CT molecular complexity index is 1020. The molecule has 0 aliphatic rings. The van der Waals surface area contributed by atoms with Gasteiger partial charge >= 0.3 is 0 Å². The smallest absolute Gasteiger partial charge is 0.237 e. The normalized spacial score (nSPS) is 13.0. The van der Waals surface area contributed by atoms with E-state index in [1.54, 1.807) is 7.11 Å². The van der Waals surface area contributed by atoms with E-state index in [0.29, 0.717) is 16.9 Å². The van der Waals surface area contributed by atoms with Crippen LogP contribution in [0, 0.1) is 0 Å². The van der Waals surface area contributed by atoms with E-state index in [2.05, 4.69) is 35.4 Å². The monoisotopic (exact) mass is 424 g/mol. The van der Waals surface area contributed by atoms with E-state index in [9.17, 15) is 4.79 Å². The number of nitrogens with one attached hydrogen (secondary N) is 1. The maximum Gasteiger partial charge on any atom is 0.237 e. The molecule has 1 amide bonds. The summed E-state index contributed by atoms with van der Waals surface area (Å²) in [5.41, 5.74) is 2.89. The average Bonchev–Trinajstić information content (AvgIpc) is 3.13. The van der Waals surface area contributed by atoms with Crippen molar-refractivity contribution in [3.8, 4) is 17.1 Å². The van der Waals surface area contributed by atoms with Crippen LogP contribution in [0.25, 0.3) is 11.4 Å². The third-order valence-electron chi connectivity index (χ3n) is 5.20. The van der Waals surface area contributed by atoms with Gasteiger partial charge in [-0.05, 0) is 43.0 Å². The zero-order valence-electron chi connectivity index (χ0n) is 18.0. The van der Waals surface area contributed by atoms with Gasteiger partial charge in [-0.25, -0.2) is 0 Å². The van der Waals surface area contributed by atoms with E-state index >= 15 is 0 Å². The highest BCUT2D eigenvalue weighted by Gasteiger charge is 2.21. The average molecular weight is 425 g/mol. The maximum absolute atomic E-state index is 12.9. The molecule has 2 unspecified atom stereocenters. The lowest BCUT2D eigenvalue weighted by atomic mass is 9.97. The summed E-state index contributed by atoms with van der Waals surface area (Å²) in [4.78, 5) is 12.9. The molecule has 30 heavy (non-hydrogen) atoms. The predicted octanol–water partition coefficient (Wildman–Crippen LogP) is 5.12. The number of ether oxygens (including phenoxy) is 1. The molecule has 2 atom stereocenters. The summed E-state index contributed by atoms with van der Waals surface area (Å²) < 4.78 is 7.33. The number of hydrogen-bond donors (Lipinski definition) is 1. The molecule has 158 valence electrons. The molecule has 0 aliphatic carbocycles. The van der Waals surface area contributed by atoms with Crippen LogP contribution >= 0.6 is 11.8 Å². The van der Waals surface area contributed by atoms with Crippen molar-refractivity contribution in [1.29, 1.82) is 0 Å². The van der Waals surface area contributed by atoms with Gasteiger partial charge in [0.25, 0.3) is 0 Å². The number of amides is 1. The zero-order chi connectivity index (χ0) is 21.7. The Labute approximate surface area is 182 Å². The molecule has 0 saturated carbocycles. The number of aromatic nitrogens is 3. The lowest BCUT2D eigenvalue weighted by Crippen LogP contribution is -2.23. The third kappa shape index (κ3) is 4.67. The van der Waals surface area contributed by atoms with Crippen LogP contribution in [0.15, 0.2) is 53.7 Å². The standard InChI is InChI=1S/C23H28N4O2S/c1-6-15(2)17-11-7-9-13-19(17)24-22(28)16(3)30-23-26-25-21(27(23)4)18-12-8-10-14-20(18)29-5/h7-16H,6H2,1-5H3,(H,24,28). The van der Waals surface area contributed by atoms with Gasteiger partial charge in [0.15, 0.2) is 11.0 Å². The molecule has 0 bridgehead atoms. The van der Waals surface area contributed by atoms with Crippen molar-refractivity contribution in [2.24, 2.45) is 7.05 Å². The second-order valence-corrected chi connectivity index (χ2v) is 8.52. The molecule has 0 aliphatic heterocycles. The molecule has 1 heterocycles. The molecule has 1 aromatic heterocycles. The van der Waals surface area contributed by atoms with Crippen LogP contribution in [-0.4, -0.2) is 33.0 Å². The van der Waals surface area contributed by atoms with Crippen molar-refractivity contribution in [1.82, 2.24) is 14.8 Å². The van der Waals surface area contributed by atoms with Crippen LogP contribution in [0.4, 0.5) is 5.69 Å². The first-order chi connectivity index (χ1) is 14.5. The van der Waals surface area contributed by atoms with Gasteiger partial charge < -0.3 is 14.6 Å². The number of methoxy groups -OCH3 is 1. The number of hydrogen-bond acceptors (Lipinski definition) is 5. The van der Waals surface area contributed by atoms with Crippen LogP contribution in [0.3, 0.4) is 0 Å². The minimum Gasteiger partial charge on any atom is -0.496 e. The molecule has 6 nitrogen and oxygen atoms in total. The number of rotatable bonds is 8. The summed E-state index contributed by atoms with van der Waals surface area (Å²) in [5.74, 6) is 1.76. The molecule has 2 aromatic carbocycles. The first kappa shape index (κ1) is 21.9. The van der Waals surface area contributed by atoms with Gasteiger partial charge in [-0.15, -0.1) is 10.2 Å². The fourth-order valence-electron chi connectivity index (χ4n) is 3.19. The lowest BCUT2D eigenvalue weighted by Gasteiger charge is -2.17. The summed E-state index contributed by atoms with van der Waals surface area (Å²) in [6.45, 7) is 6.19. The van der Waals surface area contributed by atoms with Crippen molar-refractivity contribution in [3.05, 3.63) is 54.1 Å². The minimum atomic E-state index is -0.330. The Balaban J connectivity index is 1.75. The first-order valence-corrected chi connectivity index (χ1v) is 10.9. The van der Waals surface area contributed by atoms with Crippen LogP contribution < -0.4 is 10.1 Å². The van der Waals surface area contributed by atoms with E-state index in [0.717, 1.165) is 29.0 Å². The first-order valence-electron chi connectivity index (χ1n) is 10.1. The van der Waals surface area contributed by atoms with Crippen LogP contribution in [0.5, 0.6) is 5.75 Å². The molecule has 3 rings (SSSR count). The van der Waals surface area contributed by atoms with Gasteiger partial charge in [0.1, 0.15) is 5.75 Å². The summed E-state index contributed by atoms with van der Waals surface area (Å²) in [6.07, 6.45) is 1.02. The van der Waals surface area contributed by atoms with Gasteiger partial charge in [-0.2, -0.15) is 0 Å². The highest BCUT2D eigenvalue weighted by molar-refractivity contribution is 8.00. The second-order valence-electron chi connectivity index (χ2n) is 7.21. The van der Waals surface area contributed by atoms with Gasteiger partial charge in [0, 0.05) is 12.7 Å². The maximum atomic E-state index is 12.9. The van der Waals surface area contributed by atoms with E-state index < -0.39 is 0 Å². The van der Waals surface area contributed by atoms with Gasteiger partial charge in [-0.3, -0.25) is 4.79 Å². The number of carbonyl (C=O) groups excluding carboxylic acids is 1. The van der Waals surface area contributed by atoms with Crippen molar-refractivity contribution in [2.45, 2.75) is 43.5 Å². The predicted molar refractivity (Wildman–Crippen MR) is 122 cm³/mol. The molecule has 7 heteroatoms. The third-order valence-corrected chi connectivity index (χ3v) is 6.33. The molecule has 3 aromatic rings. The summed E-state index contributed by atoms with van der Waals surface area (Å²) in [7, 11) is 3.53. The molecule has 0 spiro atoms. The number of benzene rings is 2. The fourth-order valence-corrected chi connectivity index (χ4v) is 4.00. The summed E-state index contributed by atoms with van der Waals surface area (Å²) in [6, 6.07) is 15.7. The fraction of sp³-hybridized carbons (Fsp3) is 0.348. The summed E-state index contributed by atoms with van der Waals surface area (Å²) in [5, 5.41) is 12.0.